The molecule has 1 aliphatic carbocycles. The summed E-state index contributed by atoms with van der Waals surface area (Å²) in [5.74, 6) is -1.68. The maximum Gasteiger partial charge on any atom is 0.246 e. The largest absolute Gasteiger partial charge is 0.380 e. The van der Waals surface area contributed by atoms with E-state index in [0.717, 1.165) is 0 Å². The molecule has 0 saturated carbocycles. The van der Waals surface area contributed by atoms with Crippen LogP contribution in [-0.2, 0) is 32.0 Å². The van der Waals surface area contributed by atoms with Crippen LogP contribution in [0.4, 0.5) is 0 Å². The maximum atomic E-state index is 10.7. The van der Waals surface area contributed by atoms with Gasteiger partial charge in [0, 0.05) is 13.5 Å². The van der Waals surface area contributed by atoms with Crippen molar-refractivity contribution in [1.82, 2.24) is 0 Å². The summed E-state index contributed by atoms with van der Waals surface area (Å²) in [6.07, 6.45) is 6.39. The molecule has 2 unspecified atom stereocenters. The van der Waals surface area contributed by atoms with Gasteiger partial charge in [-0.3, -0.25) is 4.79 Å². The quantitative estimate of drug-likeness (QED) is 0.783. The summed E-state index contributed by atoms with van der Waals surface area (Å²) in [6, 6.07) is 6.59. The second kappa shape index (κ2) is 9.28. The first-order valence-corrected chi connectivity index (χ1v) is 8.87. The van der Waals surface area contributed by atoms with E-state index >= 15 is 0 Å². The molecule has 0 bridgehead atoms. The number of allylic oxidation sites excluding steroid dienone is 1. The van der Waals surface area contributed by atoms with Gasteiger partial charge < -0.3 is 25.1 Å². The van der Waals surface area contributed by atoms with Crippen molar-refractivity contribution in [3.05, 3.63) is 41.0 Å². The number of carbonyl (C=O) groups is 1. The Bertz CT molecular complexity index is 636. The molecule has 1 fully saturated rings. The molecule has 26 heavy (non-hydrogen) atoms. The maximum absolute atomic E-state index is 10.7. The molecular weight excluding hydrogens is 334 g/mol. The molecule has 1 amide bonds. The summed E-state index contributed by atoms with van der Waals surface area (Å²) < 4.78 is 15.4. The van der Waals surface area contributed by atoms with Crippen molar-refractivity contribution in [2.75, 3.05) is 13.7 Å². The predicted molar refractivity (Wildman–Crippen MR) is 99.2 cm³/mol. The standard InChI is InChI=1S/C12H14O.C8H15NO4/c1-13-9-10-6-7-11-4-2-3-5-12(11)8-10;1-8(2,11)13-5-3-6(7(9)10)12-4-5/h3,5-8H,2,4,9H2,1H3;5-6,11H,3-4H2,1-2H3,(H2,9,10). The Morgan fingerprint density at radius 2 is 2.19 bits per heavy atom. The van der Waals surface area contributed by atoms with Crippen molar-refractivity contribution in [2.24, 2.45) is 5.73 Å². The average molecular weight is 363 g/mol. The van der Waals surface area contributed by atoms with Crippen LogP contribution in [-0.4, -0.2) is 42.7 Å². The molecule has 3 N–H and O–H groups in total. The lowest BCUT2D eigenvalue weighted by molar-refractivity contribution is -0.204. The first-order valence-electron chi connectivity index (χ1n) is 8.87. The van der Waals surface area contributed by atoms with Gasteiger partial charge in [0.1, 0.15) is 6.10 Å². The fourth-order valence-electron chi connectivity index (χ4n) is 3.02. The number of aryl methyl sites for hydroxylation is 1. The van der Waals surface area contributed by atoms with E-state index in [0.29, 0.717) is 19.6 Å². The molecule has 6 nitrogen and oxygen atoms in total. The van der Waals surface area contributed by atoms with Crippen LogP contribution in [0.2, 0.25) is 0 Å². The molecule has 2 aliphatic rings. The van der Waals surface area contributed by atoms with E-state index in [9.17, 15) is 9.90 Å². The summed E-state index contributed by atoms with van der Waals surface area (Å²) in [5, 5.41) is 9.31. The lowest BCUT2D eigenvalue weighted by Gasteiger charge is -2.22. The molecule has 1 saturated heterocycles. The van der Waals surface area contributed by atoms with Crippen molar-refractivity contribution >= 4 is 12.0 Å². The molecule has 1 aromatic rings. The topological polar surface area (TPSA) is 91.0 Å². The van der Waals surface area contributed by atoms with Gasteiger partial charge in [0.2, 0.25) is 5.91 Å². The van der Waals surface area contributed by atoms with Crippen LogP contribution in [0.3, 0.4) is 0 Å². The minimum atomic E-state index is -1.19. The molecule has 2 atom stereocenters. The monoisotopic (exact) mass is 363 g/mol. The predicted octanol–water partition coefficient (Wildman–Crippen LogP) is 2.17. The van der Waals surface area contributed by atoms with E-state index < -0.39 is 17.8 Å². The number of aliphatic hydroxyl groups is 1. The molecular formula is C20H29NO5. The Morgan fingerprint density at radius 1 is 1.42 bits per heavy atom. The number of fused-ring (bicyclic) bond motifs is 1. The number of benzene rings is 1. The van der Waals surface area contributed by atoms with Gasteiger partial charge in [0.25, 0.3) is 0 Å². The third-order valence-corrected chi connectivity index (χ3v) is 4.13. The zero-order chi connectivity index (χ0) is 19.2. The number of amides is 1. The molecule has 1 aromatic carbocycles. The van der Waals surface area contributed by atoms with E-state index in [4.69, 9.17) is 19.9 Å². The fourth-order valence-corrected chi connectivity index (χ4v) is 3.02. The molecule has 6 heteroatoms. The Morgan fingerprint density at radius 3 is 2.81 bits per heavy atom. The smallest absolute Gasteiger partial charge is 0.246 e. The van der Waals surface area contributed by atoms with Crippen LogP contribution in [0.5, 0.6) is 0 Å². The van der Waals surface area contributed by atoms with Crippen molar-refractivity contribution in [3.63, 3.8) is 0 Å². The Labute approximate surface area is 154 Å². The minimum absolute atomic E-state index is 0.252. The lowest BCUT2D eigenvalue weighted by atomic mass is 9.96. The Balaban J connectivity index is 0.000000187. The van der Waals surface area contributed by atoms with Crippen molar-refractivity contribution in [3.8, 4) is 0 Å². The third kappa shape index (κ3) is 6.53. The van der Waals surface area contributed by atoms with Gasteiger partial charge >= 0.3 is 0 Å². The highest BCUT2D eigenvalue weighted by Crippen LogP contribution is 2.21. The number of rotatable bonds is 5. The summed E-state index contributed by atoms with van der Waals surface area (Å²) in [7, 11) is 1.73. The first-order chi connectivity index (χ1) is 12.3. The molecule has 3 rings (SSSR count). The van der Waals surface area contributed by atoms with E-state index in [1.165, 1.54) is 43.4 Å². The van der Waals surface area contributed by atoms with Crippen LogP contribution >= 0.6 is 0 Å². The summed E-state index contributed by atoms with van der Waals surface area (Å²) in [5.41, 5.74) is 9.12. The van der Waals surface area contributed by atoms with Gasteiger partial charge in [-0.05, 0) is 49.4 Å². The average Bonchev–Trinajstić information content (AvgIpc) is 3.02. The second-order valence-corrected chi connectivity index (χ2v) is 7.05. The fraction of sp³-hybridized carbons (Fsp3) is 0.550. The summed E-state index contributed by atoms with van der Waals surface area (Å²) >= 11 is 0. The Hall–Kier alpha value is -1.73. The van der Waals surface area contributed by atoms with E-state index in [2.05, 4.69) is 30.4 Å². The van der Waals surface area contributed by atoms with Crippen LogP contribution in [0.1, 0.15) is 43.4 Å². The van der Waals surface area contributed by atoms with Gasteiger partial charge in [-0.15, -0.1) is 0 Å². The highest BCUT2D eigenvalue weighted by atomic mass is 16.6. The van der Waals surface area contributed by atoms with Gasteiger partial charge in [-0.2, -0.15) is 0 Å². The molecule has 0 spiro atoms. The van der Waals surface area contributed by atoms with E-state index in [1.807, 2.05) is 0 Å². The zero-order valence-corrected chi connectivity index (χ0v) is 15.7. The highest BCUT2D eigenvalue weighted by Gasteiger charge is 2.33. The summed E-state index contributed by atoms with van der Waals surface area (Å²) in [6.45, 7) is 4.08. The number of ether oxygens (including phenoxy) is 3. The normalized spacial score (nSPS) is 21.7. The SMILES string of the molecule is CC(C)(O)OC1COC(C(N)=O)C1.COCc1ccc2c(c1)C=CCC2. The minimum Gasteiger partial charge on any atom is -0.380 e. The first kappa shape index (κ1) is 20.6. The van der Waals surface area contributed by atoms with Crippen molar-refractivity contribution in [2.45, 2.75) is 57.7 Å². The molecule has 0 aromatic heterocycles. The van der Waals surface area contributed by atoms with Gasteiger partial charge in [0.05, 0.1) is 19.3 Å². The lowest BCUT2D eigenvalue weighted by Crippen LogP contribution is -2.32. The number of hydrogen-bond acceptors (Lipinski definition) is 5. The number of nitrogens with two attached hydrogens (primary N) is 1. The molecule has 1 heterocycles. The van der Waals surface area contributed by atoms with Crippen LogP contribution in [0.25, 0.3) is 6.08 Å². The number of methoxy groups -OCH3 is 1. The second-order valence-electron chi connectivity index (χ2n) is 7.05. The number of hydrogen-bond donors (Lipinski definition) is 2. The van der Waals surface area contributed by atoms with Gasteiger partial charge in [0.15, 0.2) is 5.79 Å². The Kier molecular flexibility index (Phi) is 7.34. The number of primary amides is 1. The number of carbonyl (C=O) groups excluding carboxylic acids is 1. The van der Waals surface area contributed by atoms with Crippen LogP contribution in [0.15, 0.2) is 24.3 Å². The van der Waals surface area contributed by atoms with Crippen molar-refractivity contribution in [1.29, 1.82) is 0 Å². The van der Waals surface area contributed by atoms with Crippen molar-refractivity contribution < 1.29 is 24.1 Å². The van der Waals surface area contributed by atoms with E-state index in [-0.39, 0.29) is 6.10 Å². The highest BCUT2D eigenvalue weighted by molar-refractivity contribution is 5.79. The molecule has 144 valence electrons. The third-order valence-electron chi connectivity index (χ3n) is 4.13. The van der Waals surface area contributed by atoms with Gasteiger partial charge in [-0.25, -0.2) is 0 Å². The molecule has 1 aliphatic heterocycles. The molecule has 0 radical (unpaired) electrons. The summed E-state index contributed by atoms with van der Waals surface area (Å²) in [4.78, 5) is 10.7. The van der Waals surface area contributed by atoms with Crippen LogP contribution in [0, 0.1) is 0 Å². The van der Waals surface area contributed by atoms with Crippen LogP contribution < -0.4 is 5.73 Å². The zero-order valence-electron chi connectivity index (χ0n) is 15.7. The van der Waals surface area contributed by atoms with Gasteiger partial charge in [-0.1, -0.05) is 24.3 Å². The van der Waals surface area contributed by atoms with E-state index in [1.54, 1.807) is 7.11 Å².